The standard InChI is InChI=1S/C25H47N5O3/c1-7-27-14-10-21(11-15-27)28-16-18-29(19-17-28)23(31)20(2)30(24(32)33-25(3,4)5)22-8-12-26(6)13-9-22/h20-22H,7-19H2,1-6H3/t20-/m1/s1. The second kappa shape index (κ2) is 11.4. The van der Waals surface area contributed by atoms with Crippen LogP contribution in [0.2, 0.25) is 0 Å². The number of piperazine rings is 1. The highest BCUT2D eigenvalue weighted by molar-refractivity contribution is 5.85. The van der Waals surface area contributed by atoms with Gasteiger partial charge in [-0.15, -0.1) is 0 Å². The van der Waals surface area contributed by atoms with Gasteiger partial charge in [-0.3, -0.25) is 14.6 Å². The Morgan fingerprint density at radius 2 is 1.52 bits per heavy atom. The van der Waals surface area contributed by atoms with Crippen LogP contribution in [0.5, 0.6) is 0 Å². The maximum atomic E-state index is 13.5. The summed E-state index contributed by atoms with van der Waals surface area (Å²) in [5.74, 6) is 0.0558. The van der Waals surface area contributed by atoms with Gasteiger partial charge in [0.2, 0.25) is 5.91 Å². The molecule has 8 nitrogen and oxygen atoms in total. The van der Waals surface area contributed by atoms with Gasteiger partial charge in [0, 0.05) is 38.3 Å². The molecule has 0 aromatic rings. The van der Waals surface area contributed by atoms with E-state index >= 15 is 0 Å². The molecule has 0 unspecified atom stereocenters. The van der Waals surface area contributed by atoms with E-state index in [-0.39, 0.29) is 18.0 Å². The lowest BCUT2D eigenvalue weighted by Crippen LogP contribution is -2.60. The largest absolute Gasteiger partial charge is 0.444 e. The summed E-state index contributed by atoms with van der Waals surface area (Å²) >= 11 is 0. The number of hydrogen-bond acceptors (Lipinski definition) is 6. The Hall–Kier alpha value is -1.38. The van der Waals surface area contributed by atoms with Crippen LogP contribution in [0.3, 0.4) is 0 Å². The van der Waals surface area contributed by atoms with E-state index in [0.717, 1.165) is 58.7 Å². The molecule has 33 heavy (non-hydrogen) atoms. The average molecular weight is 466 g/mol. The van der Waals surface area contributed by atoms with E-state index in [4.69, 9.17) is 4.74 Å². The van der Waals surface area contributed by atoms with Gasteiger partial charge < -0.3 is 19.4 Å². The average Bonchev–Trinajstić information content (AvgIpc) is 2.79. The molecule has 0 aromatic carbocycles. The van der Waals surface area contributed by atoms with E-state index in [2.05, 4.69) is 28.7 Å². The van der Waals surface area contributed by atoms with E-state index in [1.807, 2.05) is 32.6 Å². The fraction of sp³-hybridized carbons (Fsp3) is 0.920. The molecule has 3 fully saturated rings. The van der Waals surface area contributed by atoms with Gasteiger partial charge in [0.15, 0.2) is 0 Å². The fourth-order valence-corrected chi connectivity index (χ4v) is 5.50. The van der Waals surface area contributed by atoms with E-state index in [1.54, 1.807) is 4.90 Å². The maximum absolute atomic E-state index is 13.5. The summed E-state index contributed by atoms with van der Waals surface area (Å²) in [7, 11) is 2.11. The SMILES string of the molecule is CCN1CCC(N2CCN(C(=O)[C@@H](C)N(C(=O)OC(C)(C)C)C3CCN(C)CC3)CC2)CC1. The minimum atomic E-state index is -0.581. The Bertz CT molecular complexity index is 643. The molecule has 3 aliphatic rings. The molecule has 190 valence electrons. The van der Waals surface area contributed by atoms with Gasteiger partial charge in [-0.1, -0.05) is 6.92 Å². The Kier molecular flexibility index (Phi) is 9.03. The zero-order chi connectivity index (χ0) is 24.2. The van der Waals surface area contributed by atoms with Gasteiger partial charge in [0.1, 0.15) is 11.6 Å². The lowest BCUT2D eigenvalue weighted by molar-refractivity contribution is -0.139. The molecule has 8 heteroatoms. The monoisotopic (exact) mass is 465 g/mol. The molecule has 0 N–H and O–H groups in total. The van der Waals surface area contributed by atoms with Crippen molar-refractivity contribution in [3.8, 4) is 0 Å². The molecule has 1 atom stereocenters. The number of piperidine rings is 2. The van der Waals surface area contributed by atoms with Crippen molar-refractivity contribution in [2.24, 2.45) is 0 Å². The first-order valence-corrected chi connectivity index (χ1v) is 13.0. The smallest absolute Gasteiger partial charge is 0.411 e. The van der Waals surface area contributed by atoms with Crippen LogP contribution in [0.4, 0.5) is 4.79 Å². The lowest BCUT2D eigenvalue weighted by atomic mass is 10.0. The van der Waals surface area contributed by atoms with Crippen molar-refractivity contribution in [2.45, 2.75) is 84.0 Å². The molecule has 3 heterocycles. The third-order valence-corrected chi connectivity index (χ3v) is 7.61. The van der Waals surface area contributed by atoms with Crippen LogP contribution in [0, 0.1) is 0 Å². The molecule has 0 bridgehead atoms. The number of carbonyl (C=O) groups excluding carboxylic acids is 2. The van der Waals surface area contributed by atoms with E-state index in [0.29, 0.717) is 6.04 Å². The topological polar surface area (TPSA) is 59.6 Å². The Labute approximate surface area is 201 Å². The van der Waals surface area contributed by atoms with Gasteiger partial charge in [0.25, 0.3) is 0 Å². The number of likely N-dealkylation sites (tertiary alicyclic amines) is 2. The van der Waals surface area contributed by atoms with Crippen molar-refractivity contribution in [1.29, 1.82) is 0 Å². The van der Waals surface area contributed by atoms with Crippen LogP contribution < -0.4 is 0 Å². The highest BCUT2D eigenvalue weighted by Crippen LogP contribution is 2.24. The third kappa shape index (κ3) is 7.06. The van der Waals surface area contributed by atoms with Crippen LogP contribution in [0.25, 0.3) is 0 Å². The van der Waals surface area contributed by atoms with Crippen molar-refractivity contribution in [3.05, 3.63) is 0 Å². The molecule has 0 aromatic heterocycles. The van der Waals surface area contributed by atoms with Gasteiger partial charge in [0.05, 0.1) is 0 Å². The third-order valence-electron chi connectivity index (χ3n) is 7.61. The van der Waals surface area contributed by atoms with Crippen LogP contribution >= 0.6 is 0 Å². The Morgan fingerprint density at radius 1 is 0.939 bits per heavy atom. The van der Waals surface area contributed by atoms with Gasteiger partial charge in [-0.2, -0.15) is 0 Å². The van der Waals surface area contributed by atoms with Crippen LogP contribution in [-0.2, 0) is 9.53 Å². The van der Waals surface area contributed by atoms with Gasteiger partial charge in [-0.25, -0.2) is 4.79 Å². The number of carbonyl (C=O) groups is 2. The minimum Gasteiger partial charge on any atom is -0.444 e. The molecule has 0 spiro atoms. The number of hydrogen-bond donors (Lipinski definition) is 0. The fourth-order valence-electron chi connectivity index (χ4n) is 5.50. The molecular formula is C25H47N5O3. The first kappa shape index (κ1) is 26.2. The zero-order valence-electron chi connectivity index (χ0n) is 21.9. The van der Waals surface area contributed by atoms with E-state index in [9.17, 15) is 9.59 Å². The van der Waals surface area contributed by atoms with Crippen LogP contribution in [0.1, 0.15) is 60.3 Å². The minimum absolute atomic E-state index is 0.0417. The highest BCUT2D eigenvalue weighted by atomic mass is 16.6. The number of nitrogens with zero attached hydrogens (tertiary/aromatic N) is 5. The second-order valence-electron chi connectivity index (χ2n) is 11.1. The van der Waals surface area contributed by atoms with Crippen molar-refractivity contribution in [1.82, 2.24) is 24.5 Å². The summed E-state index contributed by atoms with van der Waals surface area (Å²) in [5, 5.41) is 0. The van der Waals surface area contributed by atoms with Gasteiger partial charge >= 0.3 is 6.09 Å². The molecule has 3 aliphatic heterocycles. The second-order valence-corrected chi connectivity index (χ2v) is 11.1. The molecule has 0 radical (unpaired) electrons. The van der Waals surface area contributed by atoms with Crippen LogP contribution in [-0.4, -0.2) is 126 Å². The number of amides is 2. The van der Waals surface area contributed by atoms with E-state index < -0.39 is 11.6 Å². The summed E-state index contributed by atoms with van der Waals surface area (Å²) in [5.41, 5.74) is -0.581. The van der Waals surface area contributed by atoms with Crippen molar-refractivity contribution in [3.63, 3.8) is 0 Å². The summed E-state index contributed by atoms with van der Waals surface area (Å²) in [6, 6.07) is 0.174. The Morgan fingerprint density at radius 3 is 2.03 bits per heavy atom. The number of ether oxygens (including phenoxy) is 1. The molecule has 2 amide bonds. The van der Waals surface area contributed by atoms with E-state index in [1.165, 1.54) is 25.9 Å². The predicted molar refractivity (Wildman–Crippen MR) is 131 cm³/mol. The van der Waals surface area contributed by atoms with Crippen molar-refractivity contribution < 1.29 is 14.3 Å². The summed E-state index contributed by atoms with van der Waals surface area (Å²) in [6.45, 7) is 18.5. The summed E-state index contributed by atoms with van der Waals surface area (Å²) in [4.78, 5) is 37.8. The zero-order valence-corrected chi connectivity index (χ0v) is 21.9. The first-order valence-electron chi connectivity index (χ1n) is 13.0. The maximum Gasteiger partial charge on any atom is 0.411 e. The molecule has 0 aliphatic carbocycles. The normalized spacial score (nSPS) is 24.0. The first-order chi connectivity index (χ1) is 15.6. The molecule has 3 saturated heterocycles. The van der Waals surface area contributed by atoms with Crippen molar-refractivity contribution in [2.75, 3.05) is 66.0 Å². The quantitative estimate of drug-likeness (QED) is 0.621. The lowest BCUT2D eigenvalue weighted by Gasteiger charge is -2.45. The molecule has 0 saturated carbocycles. The molecular weight excluding hydrogens is 418 g/mol. The summed E-state index contributed by atoms with van der Waals surface area (Å²) < 4.78 is 5.74. The van der Waals surface area contributed by atoms with Crippen LogP contribution in [0.15, 0.2) is 0 Å². The Balaban J connectivity index is 1.60. The van der Waals surface area contributed by atoms with Gasteiger partial charge in [-0.05, 0) is 93.1 Å². The number of rotatable bonds is 5. The predicted octanol–water partition coefficient (Wildman–Crippen LogP) is 2.33. The summed E-state index contributed by atoms with van der Waals surface area (Å²) in [6.07, 6.45) is 3.83. The molecule has 3 rings (SSSR count). The van der Waals surface area contributed by atoms with Crippen molar-refractivity contribution >= 4 is 12.0 Å². The highest BCUT2D eigenvalue weighted by Gasteiger charge is 2.39.